The zero-order chi connectivity index (χ0) is 14.5. The molecule has 0 saturated carbocycles. The molecule has 3 N–H and O–H groups in total. The number of thioether (sulfide) groups is 1. The highest BCUT2D eigenvalue weighted by molar-refractivity contribution is 7.99. The Hall–Kier alpha value is -2.22. The molecule has 0 atom stereocenters. The van der Waals surface area contributed by atoms with Crippen LogP contribution in [-0.2, 0) is 4.79 Å². The SMILES string of the molecule is CNC(=O)CSc1nnc(-c2ccc(OC)cc2)n1N. The van der Waals surface area contributed by atoms with Gasteiger partial charge in [-0.3, -0.25) is 4.79 Å². The number of benzene rings is 1. The van der Waals surface area contributed by atoms with Crippen molar-refractivity contribution in [2.75, 3.05) is 25.8 Å². The van der Waals surface area contributed by atoms with E-state index in [1.807, 2.05) is 24.3 Å². The molecule has 0 aliphatic carbocycles. The van der Waals surface area contributed by atoms with Crippen LogP contribution in [0.5, 0.6) is 5.75 Å². The second-order valence-corrected chi connectivity index (χ2v) is 4.81. The number of hydrogen-bond acceptors (Lipinski definition) is 6. The van der Waals surface area contributed by atoms with Crippen molar-refractivity contribution in [1.29, 1.82) is 0 Å². The van der Waals surface area contributed by atoms with Crippen LogP contribution >= 0.6 is 11.8 Å². The van der Waals surface area contributed by atoms with Gasteiger partial charge in [-0.05, 0) is 24.3 Å². The third-order valence-corrected chi connectivity index (χ3v) is 3.57. The minimum Gasteiger partial charge on any atom is -0.497 e. The zero-order valence-corrected chi connectivity index (χ0v) is 12.0. The Morgan fingerprint density at radius 2 is 2.10 bits per heavy atom. The second-order valence-electron chi connectivity index (χ2n) is 3.87. The number of carbonyl (C=O) groups is 1. The van der Waals surface area contributed by atoms with Crippen molar-refractivity contribution < 1.29 is 9.53 Å². The molecule has 1 amide bonds. The van der Waals surface area contributed by atoms with Crippen molar-refractivity contribution in [3.8, 4) is 17.1 Å². The average Bonchev–Trinajstić information content (AvgIpc) is 2.86. The van der Waals surface area contributed by atoms with Crippen LogP contribution < -0.4 is 15.9 Å². The molecule has 0 spiro atoms. The van der Waals surface area contributed by atoms with Gasteiger partial charge >= 0.3 is 0 Å². The van der Waals surface area contributed by atoms with E-state index >= 15 is 0 Å². The number of aromatic nitrogens is 3. The minimum absolute atomic E-state index is 0.0935. The number of nitrogens with two attached hydrogens (primary N) is 1. The van der Waals surface area contributed by atoms with Crippen LogP contribution in [0.15, 0.2) is 29.4 Å². The van der Waals surface area contributed by atoms with Crippen LogP contribution in [0.25, 0.3) is 11.4 Å². The highest BCUT2D eigenvalue weighted by Crippen LogP contribution is 2.23. The predicted octanol–water partition coefficient (Wildman–Crippen LogP) is 0.506. The van der Waals surface area contributed by atoms with Crippen molar-refractivity contribution in [3.63, 3.8) is 0 Å². The summed E-state index contributed by atoms with van der Waals surface area (Å²) >= 11 is 1.23. The molecular weight excluding hydrogens is 278 g/mol. The van der Waals surface area contributed by atoms with E-state index in [-0.39, 0.29) is 11.7 Å². The lowest BCUT2D eigenvalue weighted by Crippen LogP contribution is -2.20. The predicted molar refractivity (Wildman–Crippen MR) is 77.0 cm³/mol. The van der Waals surface area contributed by atoms with Gasteiger partial charge in [0.25, 0.3) is 0 Å². The molecule has 1 aromatic heterocycles. The highest BCUT2D eigenvalue weighted by Gasteiger charge is 2.13. The fourth-order valence-electron chi connectivity index (χ4n) is 1.51. The Morgan fingerprint density at radius 1 is 1.40 bits per heavy atom. The lowest BCUT2D eigenvalue weighted by molar-refractivity contribution is -0.118. The first kappa shape index (κ1) is 14.2. The normalized spacial score (nSPS) is 10.3. The summed E-state index contributed by atoms with van der Waals surface area (Å²) in [7, 11) is 3.19. The average molecular weight is 293 g/mol. The van der Waals surface area contributed by atoms with Gasteiger partial charge in [-0.15, -0.1) is 10.2 Å². The summed E-state index contributed by atoms with van der Waals surface area (Å²) in [6.07, 6.45) is 0. The van der Waals surface area contributed by atoms with E-state index in [9.17, 15) is 4.79 Å². The maximum atomic E-state index is 11.2. The smallest absolute Gasteiger partial charge is 0.230 e. The van der Waals surface area contributed by atoms with Crippen molar-refractivity contribution in [1.82, 2.24) is 20.2 Å². The first-order chi connectivity index (χ1) is 9.65. The number of nitrogen functional groups attached to an aromatic ring is 1. The van der Waals surface area contributed by atoms with E-state index < -0.39 is 0 Å². The molecule has 106 valence electrons. The van der Waals surface area contributed by atoms with Gasteiger partial charge in [0.15, 0.2) is 5.82 Å². The summed E-state index contributed by atoms with van der Waals surface area (Å²) < 4.78 is 6.47. The lowest BCUT2D eigenvalue weighted by atomic mass is 10.2. The molecule has 2 aromatic rings. The molecule has 0 fully saturated rings. The topological polar surface area (TPSA) is 95.1 Å². The van der Waals surface area contributed by atoms with E-state index in [2.05, 4.69) is 15.5 Å². The van der Waals surface area contributed by atoms with Crippen LogP contribution in [0.2, 0.25) is 0 Å². The lowest BCUT2D eigenvalue weighted by Gasteiger charge is -2.04. The zero-order valence-electron chi connectivity index (χ0n) is 11.2. The molecule has 1 heterocycles. The largest absolute Gasteiger partial charge is 0.497 e. The van der Waals surface area contributed by atoms with Crippen molar-refractivity contribution >= 4 is 17.7 Å². The standard InChI is InChI=1S/C12H15N5O2S/c1-14-10(18)7-20-12-16-15-11(17(12)13)8-3-5-9(19-2)6-4-8/h3-6H,7,13H2,1-2H3,(H,14,18). The molecule has 8 heteroatoms. The second kappa shape index (κ2) is 6.29. The fraction of sp³-hybridized carbons (Fsp3) is 0.250. The summed E-state index contributed by atoms with van der Waals surface area (Å²) in [6, 6.07) is 7.33. The van der Waals surface area contributed by atoms with Crippen LogP contribution in [0, 0.1) is 0 Å². The van der Waals surface area contributed by atoms with E-state index in [0.29, 0.717) is 11.0 Å². The van der Waals surface area contributed by atoms with Gasteiger partial charge in [-0.2, -0.15) is 0 Å². The first-order valence-corrected chi connectivity index (χ1v) is 6.82. The van der Waals surface area contributed by atoms with Gasteiger partial charge in [0.2, 0.25) is 11.1 Å². The van der Waals surface area contributed by atoms with Gasteiger partial charge in [0.05, 0.1) is 12.9 Å². The monoisotopic (exact) mass is 293 g/mol. The number of carbonyl (C=O) groups excluding carboxylic acids is 1. The number of methoxy groups -OCH3 is 1. The Labute approximate surface area is 120 Å². The Balaban J connectivity index is 2.16. The Bertz CT molecular complexity index is 596. The number of ether oxygens (including phenoxy) is 1. The highest BCUT2D eigenvalue weighted by atomic mass is 32.2. The molecule has 0 aliphatic heterocycles. The summed E-state index contributed by atoms with van der Waals surface area (Å²) in [6.45, 7) is 0. The number of nitrogens with zero attached hydrogens (tertiary/aromatic N) is 3. The number of nitrogens with one attached hydrogen (secondary N) is 1. The van der Waals surface area contributed by atoms with Crippen LogP contribution in [0.1, 0.15) is 0 Å². The summed E-state index contributed by atoms with van der Waals surface area (Å²) in [5.74, 6) is 7.38. The molecule has 2 rings (SSSR count). The molecule has 7 nitrogen and oxygen atoms in total. The van der Waals surface area contributed by atoms with Crippen LogP contribution in [-0.4, -0.2) is 40.7 Å². The van der Waals surface area contributed by atoms with Gasteiger partial charge < -0.3 is 15.9 Å². The molecule has 0 aliphatic rings. The van der Waals surface area contributed by atoms with E-state index in [4.69, 9.17) is 10.6 Å². The summed E-state index contributed by atoms with van der Waals surface area (Å²) in [4.78, 5) is 11.2. The summed E-state index contributed by atoms with van der Waals surface area (Å²) in [5.41, 5.74) is 0.826. The third-order valence-electron chi connectivity index (χ3n) is 2.62. The van der Waals surface area contributed by atoms with E-state index in [0.717, 1.165) is 11.3 Å². The van der Waals surface area contributed by atoms with Gasteiger partial charge in [0.1, 0.15) is 5.75 Å². The molecular formula is C12H15N5O2S. The maximum absolute atomic E-state index is 11.2. The van der Waals surface area contributed by atoms with Crippen molar-refractivity contribution in [2.45, 2.75) is 5.16 Å². The summed E-state index contributed by atoms with van der Waals surface area (Å²) in [5, 5.41) is 11.0. The van der Waals surface area contributed by atoms with Gasteiger partial charge in [-0.25, -0.2) is 4.68 Å². The Morgan fingerprint density at radius 3 is 2.70 bits per heavy atom. The Kier molecular flexibility index (Phi) is 4.46. The van der Waals surface area contributed by atoms with Crippen LogP contribution in [0.4, 0.5) is 0 Å². The first-order valence-electron chi connectivity index (χ1n) is 5.84. The maximum Gasteiger partial charge on any atom is 0.230 e. The third kappa shape index (κ3) is 3.02. The van der Waals surface area contributed by atoms with Crippen molar-refractivity contribution in [2.24, 2.45) is 0 Å². The van der Waals surface area contributed by atoms with Crippen LogP contribution in [0.3, 0.4) is 0 Å². The van der Waals surface area contributed by atoms with E-state index in [1.165, 1.54) is 16.4 Å². The minimum atomic E-state index is -0.0935. The van der Waals surface area contributed by atoms with Gasteiger partial charge in [0, 0.05) is 12.6 Å². The van der Waals surface area contributed by atoms with E-state index in [1.54, 1.807) is 14.2 Å². The quantitative estimate of drug-likeness (QED) is 0.616. The number of amides is 1. The molecule has 1 aromatic carbocycles. The fourth-order valence-corrected chi connectivity index (χ4v) is 2.24. The molecule has 20 heavy (non-hydrogen) atoms. The number of hydrogen-bond donors (Lipinski definition) is 2. The number of rotatable bonds is 5. The molecule has 0 bridgehead atoms. The molecule has 0 unspecified atom stereocenters. The molecule has 0 saturated heterocycles. The molecule has 0 radical (unpaired) electrons. The van der Waals surface area contributed by atoms with Crippen molar-refractivity contribution in [3.05, 3.63) is 24.3 Å². The van der Waals surface area contributed by atoms with Gasteiger partial charge in [-0.1, -0.05) is 11.8 Å².